The molecule has 0 heteroatoms. The molecule has 0 bridgehead atoms. The van der Waals surface area contributed by atoms with Gasteiger partial charge >= 0.3 is 0 Å². The molecule has 0 radical (unpaired) electrons. The van der Waals surface area contributed by atoms with Gasteiger partial charge in [0.15, 0.2) is 0 Å². The Morgan fingerprint density at radius 1 is 1.21 bits per heavy atom. The van der Waals surface area contributed by atoms with E-state index in [1.807, 2.05) is 19.9 Å². The molecule has 76 valence electrons. The summed E-state index contributed by atoms with van der Waals surface area (Å²) in [6, 6.07) is 8.33. The summed E-state index contributed by atoms with van der Waals surface area (Å²) < 4.78 is 0. The third kappa shape index (κ3) is 4.08. The van der Waals surface area contributed by atoms with E-state index in [9.17, 15) is 0 Å². The van der Waals surface area contributed by atoms with Crippen LogP contribution in [0.3, 0.4) is 0 Å². The Labute approximate surface area is 88.0 Å². The summed E-state index contributed by atoms with van der Waals surface area (Å²) in [7, 11) is 0. The molecule has 14 heavy (non-hydrogen) atoms. The van der Waals surface area contributed by atoms with Crippen LogP contribution in [0.25, 0.3) is 6.08 Å². The second-order valence-corrected chi connectivity index (χ2v) is 2.95. The van der Waals surface area contributed by atoms with Crippen LogP contribution < -0.4 is 0 Å². The lowest BCUT2D eigenvalue weighted by molar-refractivity contribution is 1.43. The summed E-state index contributed by atoms with van der Waals surface area (Å²) in [4.78, 5) is 0. The molecule has 0 N–H and O–H groups in total. The van der Waals surface area contributed by atoms with E-state index in [2.05, 4.69) is 50.8 Å². The molecule has 1 aromatic carbocycles. The summed E-state index contributed by atoms with van der Waals surface area (Å²) in [6.07, 6.45) is 4.01. The molecule has 0 aromatic heterocycles. The first kappa shape index (κ1) is 12.7. The Hall–Kier alpha value is -1.30. The highest BCUT2D eigenvalue weighted by Crippen LogP contribution is 2.11. The van der Waals surface area contributed by atoms with Crippen LogP contribution in [-0.2, 0) is 0 Å². The van der Waals surface area contributed by atoms with Crippen molar-refractivity contribution in [2.45, 2.75) is 27.7 Å². The van der Waals surface area contributed by atoms with Crippen molar-refractivity contribution in [2.75, 3.05) is 0 Å². The molecular formula is C14H20. The number of allylic oxidation sites excluding steroid dienone is 2. The SMILES string of the molecule is C=C/C(C)=C\c1ccccc1C.CC. The number of rotatable bonds is 2. The lowest BCUT2D eigenvalue weighted by Crippen LogP contribution is -1.79. The minimum absolute atomic E-state index is 1.20. The normalized spacial score (nSPS) is 10.1. The van der Waals surface area contributed by atoms with Gasteiger partial charge in [-0.15, -0.1) is 0 Å². The second-order valence-electron chi connectivity index (χ2n) is 2.95. The molecular weight excluding hydrogens is 168 g/mol. The maximum absolute atomic E-state index is 3.72. The molecule has 0 aliphatic rings. The summed E-state index contributed by atoms with van der Waals surface area (Å²) in [6.45, 7) is 11.9. The molecule has 1 rings (SSSR count). The predicted molar refractivity (Wildman–Crippen MR) is 66.4 cm³/mol. The fraction of sp³-hybridized carbons (Fsp3) is 0.286. The van der Waals surface area contributed by atoms with Crippen LogP contribution in [0, 0.1) is 6.92 Å². The van der Waals surface area contributed by atoms with Crippen LogP contribution in [-0.4, -0.2) is 0 Å². The van der Waals surface area contributed by atoms with E-state index in [1.54, 1.807) is 0 Å². The fourth-order valence-corrected chi connectivity index (χ4v) is 1.05. The van der Waals surface area contributed by atoms with Crippen molar-refractivity contribution in [1.29, 1.82) is 0 Å². The van der Waals surface area contributed by atoms with Gasteiger partial charge in [0.1, 0.15) is 0 Å². The minimum Gasteiger partial charge on any atom is -0.0988 e. The minimum atomic E-state index is 1.20. The zero-order chi connectivity index (χ0) is 11.0. The first-order valence-corrected chi connectivity index (χ1v) is 5.10. The van der Waals surface area contributed by atoms with Crippen LogP contribution in [0.2, 0.25) is 0 Å². The van der Waals surface area contributed by atoms with Crippen molar-refractivity contribution in [3.63, 3.8) is 0 Å². The van der Waals surface area contributed by atoms with Crippen LogP contribution in [0.1, 0.15) is 31.9 Å². The molecule has 0 aliphatic heterocycles. The van der Waals surface area contributed by atoms with Gasteiger partial charge in [0, 0.05) is 0 Å². The van der Waals surface area contributed by atoms with Crippen molar-refractivity contribution in [3.05, 3.63) is 53.6 Å². The molecule has 0 atom stereocenters. The standard InChI is InChI=1S/C12H14.C2H6/c1-4-10(2)9-12-8-6-5-7-11(12)3;1-2/h4-9H,1H2,2-3H3;1-2H3/b10-9-;. The van der Waals surface area contributed by atoms with Crippen molar-refractivity contribution in [1.82, 2.24) is 0 Å². The molecule has 0 saturated heterocycles. The molecule has 0 amide bonds. The van der Waals surface area contributed by atoms with Crippen molar-refractivity contribution >= 4 is 6.08 Å². The molecule has 0 saturated carbocycles. The van der Waals surface area contributed by atoms with Crippen LogP contribution in [0.4, 0.5) is 0 Å². The lowest BCUT2D eigenvalue weighted by Gasteiger charge is -1.99. The highest BCUT2D eigenvalue weighted by atomic mass is 14.0. The van der Waals surface area contributed by atoms with Gasteiger partial charge in [-0.25, -0.2) is 0 Å². The van der Waals surface area contributed by atoms with E-state index in [0.29, 0.717) is 0 Å². The van der Waals surface area contributed by atoms with E-state index >= 15 is 0 Å². The zero-order valence-electron chi connectivity index (χ0n) is 9.67. The van der Waals surface area contributed by atoms with Gasteiger partial charge in [-0.05, 0) is 25.0 Å². The monoisotopic (exact) mass is 188 g/mol. The highest BCUT2D eigenvalue weighted by molar-refractivity contribution is 5.57. The van der Waals surface area contributed by atoms with E-state index in [4.69, 9.17) is 0 Å². The zero-order valence-corrected chi connectivity index (χ0v) is 9.67. The Bertz CT molecular complexity index is 306. The van der Waals surface area contributed by atoms with E-state index in [-0.39, 0.29) is 0 Å². The van der Waals surface area contributed by atoms with Gasteiger partial charge in [-0.1, -0.05) is 62.4 Å². The van der Waals surface area contributed by atoms with E-state index in [0.717, 1.165) is 0 Å². The van der Waals surface area contributed by atoms with Crippen LogP contribution in [0.5, 0.6) is 0 Å². The first-order valence-electron chi connectivity index (χ1n) is 5.10. The number of aryl methyl sites for hydroxylation is 1. The van der Waals surface area contributed by atoms with Gasteiger partial charge in [-0.2, -0.15) is 0 Å². The number of hydrogen-bond acceptors (Lipinski definition) is 0. The number of benzene rings is 1. The van der Waals surface area contributed by atoms with Gasteiger partial charge in [0.25, 0.3) is 0 Å². The first-order chi connectivity index (χ1) is 6.74. The molecule has 0 heterocycles. The fourth-order valence-electron chi connectivity index (χ4n) is 1.05. The quantitative estimate of drug-likeness (QED) is 0.594. The van der Waals surface area contributed by atoms with Crippen LogP contribution in [0.15, 0.2) is 42.5 Å². The maximum atomic E-state index is 3.72. The molecule has 0 aliphatic carbocycles. The number of hydrogen-bond donors (Lipinski definition) is 0. The maximum Gasteiger partial charge on any atom is -0.0225 e. The van der Waals surface area contributed by atoms with Gasteiger partial charge < -0.3 is 0 Å². The van der Waals surface area contributed by atoms with Gasteiger partial charge in [-0.3, -0.25) is 0 Å². The molecule has 0 nitrogen and oxygen atoms in total. The smallest absolute Gasteiger partial charge is 0.0225 e. The Balaban J connectivity index is 0.000000791. The van der Waals surface area contributed by atoms with Crippen LogP contribution >= 0.6 is 0 Å². The summed E-state index contributed by atoms with van der Waals surface area (Å²) in [5, 5.41) is 0. The Kier molecular flexibility index (Phi) is 6.47. The molecule has 1 aromatic rings. The Morgan fingerprint density at radius 2 is 1.79 bits per heavy atom. The average molecular weight is 188 g/mol. The molecule has 0 unspecified atom stereocenters. The lowest BCUT2D eigenvalue weighted by atomic mass is 10.1. The summed E-state index contributed by atoms with van der Waals surface area (Å²) >= 11 is 0. The Morgan fingerprint density at radius 3 is 2.29 bits per heavy atom. The van der Waals surface area contributed by atoms with Crippen molar-refractivity contribution in [2.24, 2.45) is 0 Å². The van der Waals surface area contributed by atoms with Crippen molar-refractivity contribution < 1.29 is 0 Å². The highest BCUT2D eigenvalue weighted by Gasteiger charge is 1.91. The third-order valence-electron chi connectivity index (χ3n) is 1.89. The topological polar surface area (TPSA) is 0 Å². The summed E-state index contributed by atoms with van der Waals surface area (Å²) in [5.74, 6) is 0. The van der Waals surface area contributed by atoms with E-state index < -0.39 is 0 Å². The van der Waals surface area contributed by atoms with Crippen molar-refractivity contribution in [3.8, 4) is 0 Å². The molecule has 0 spiro atoms. The van der Waals surface area contributed by atoms with E-state index in [1.165, 1.54) is 16.7 Å². The predicted octanol–water partition coefficient (Wildman–Crippen LogP) is 4.61. The summed E-state index contributed by atoms with van der Waals surface area (Å²) in [5.41, 5.74) is 3.78. The van der Waals surface area contributed by atoms with Gasteiger partial charge in [0.05, 0.1) is 0 Å². The molecule has 0 fully saturated rings. The third-order valence-corrected chi connectivity index (χ3v) is 1.89. The van der Waals surface area contributed by atoms with Gasteiger partial charge in [0.2, 0.25) is 0 Å². The average Bonchev–Trinajstić information content (AvgIpc) is 2.24. The largest absolute Gasteiger partial charge is 0.0988 e. The second kappa shape index (κ2) is 7.14.